The standard InChI is InChI=1S/C10H17NO4/c1-15-5-3-2-4-11-7-8(10(13)14)6-9(11)12/h8H,2-7H2,1H3,(H,13,14). The Morgan fingerprint density at radius 2 is 2.33 bits per heavy atom. The monoisotopic (exact) mass is 215 g/mol. The normalized spacial score (nSPS) is 21.0. The van der Waals surface area contributed by atoms with E-state index in [4.69, 9.17) is 9.84 Å². The van der Waals surface area contributed by atoms with Gasteiger partial charge in [-0.1, -0.05) is 0 Å². The summed E-state index contributed by atoms with van der Waals surface area (Å²) in [6.45, 7) is 1.69. The van der Waals surface area contributed by atoms with Gasteiger partial charge in [0.2, 0.25) is 5.91 Å². The van der Waals surface area contributed by atoms with Gasteiger partial charge in [-0.25, -0.2) is 0 Å². The highest BCUT2D eigenvalue weighted by molar-refractivity contribution is 5.86. The minimum atomic E-state index is -0.872. The van der Waals surface area contributed by atoms with Gasteiger partial charge in [-0.2, -0.15) is 0 Å². The number of amides is 1. The highest BCUT2D eigenvalue weighted by atomic mass is 16.5. The van der Waals surface area contributed by atoms with Crippen LogP contribution in [0.2, 0.25) is 0 Å². The maximum Gasteiger partial charge on any atom is 0.308 e. The lowest BCUT2D eigenvalue weighted by Gasteiger charge is -2.15. The Morgan fingerprint density at radius 3 is 2.87 bits per heavy atom. The van der Waals surface area contributed by atoms with Crippen molar-refractivity contribution in [3.8, 4) is 0 Å². The molecule has 1 unspecified atom stereocenters. The summed E-state index contributed by atoms with van der Waals surface area (Å²) >= 11 is 0. The molecule has 0 spiro atoms. The number of nitrogens with zero attached hydrogens (tertiary/aromatic N) is 1. The van der Waals surface area contributed by atoms with Crippen molar-refractivity contribution in [3.63, 3.8) is 0 Å². The minimum absolute atomic E-state index is 0.0418. The van der Waals surface area contributed by atoms with E-state index in [2.05, 4.69) is 0 Å². The second-order valence-electron chi connectivity index (χ2n) is 3.78. The molecule has 0 aromatic heterocycles. The van der Waals surface area contributed by atoms with Gasteiger partial charge in [-0.3, -0.25) is 9.59 Å². The SMILES string of the molecule is COCCCCN1CC(C(=O)O)CC1=O. The van der Waals surface area contributed by atoms with Crippen LogP contribution >= 0.6 is 0 Å². The molecule has 1 N–H and O–H groups in total. The highest BCUT2D eigenvalue weighted by Gasteiger charge is 2.33. The van der Waals surface area contributed by atoms with E-state index < -0.39 is 11.9 Å². The van der Waals surface area contributed by atoms with Crippen molar-refractivity contribution < 1.29 is 19.4 Å². The molecule has 0 saturated carbocycles. The van der Waals surface area contributed by atoms with E-state index in [1.165, 1.54) is 0 Å². The van der Waals surface area contributed by atoms with Crippen LogP contribution in [0.25, 0.3) is 0 Å². The fraction of sp³-hybridized carbons (Fsp3) is 0.800. The molecule has 1 fully saturated rings. The third-order valence-corrected chi connectivity index (χ3v) is 2.59. The molecular weight excluding hydrogens is 198 g/mol. The molecule has 1 amide bonds. The first-order valence-corrected chi connectivity index (χ1v) is 5.14. The van der Waals surface area contributed by atoms with E-state index >= 15 is 0 Å². The van der Waals surface area contributed by atoms with Crippen molar-refractivity contribution in [2.75, 3.05) is 26.8 Å². The van der Waals surface area contributed by atoms with Crippen molar-refractivity contribution in [2.24, 2.45) is 5.92 Å². The third kappa shape index (κ3) is 3.51. The molecular formula is C10H17NO4. The number of methoxy groups -OCH3 is 1. The van der Waals surface area contributed by atoms with Crippen molar-refractivity contribution >= 4 is 11.9 Å². The number of carboxylic acids is 1. The molecule has 1 heterocycles. The zero-order valence-electron chi connectivity index (χ0n) is 8.94. The summed E-state index contributed by atoms with van der Waals surface area (Å²) in [5, 5.41) is 8.76. The van der Waals surface area contributed by atoms with Crippen LogP contribution in [0.3, 0.4) is 0 Å². The lowest BCUT2D eigenvalue weighted by Crippen LogP contribution is -2.27. The molecule has 0 aliphatic carbocycles. The summed E-state index contributed by atoms with van der Waals surface area (Å²) in [7, 11) is 1.64. The zero-order valence-corrected chi connectivity index (χ0v) is 8.94. The van der Waals surface area contributed by atoms with E-state index in [1.54, 1.807) is 12.0 Å². The van der Waals surface area contributed by atoms with Gasteiger partial charge < -0.3 is 14.7 Å². The number of carbonyl (C=O) groups is 2. The first-order valence-electron chi connectivity index (χ1n) is 5.14. The maximum atomic E-state index is 11.4. The van der Waals surface area contributed by atoms with Crippen LogP contribution in [0, 0.1) is 5.92 Å². The molecule has 0 radical (unpaired) electrons. The van der Waals surface area contributed by atoms with Gasteiger partial charge in [0.05, 0.1) is 5.92 Å². The second kappa shape index (κ2) is 5.70. The van der Waals surface area contributed by atoms with Gasteiger partial charge >= 0.3 is 5.97 Å². The lowest BCUT2D eigenvalue weighted by molar-refractivity contribution is -0.141. The quantitative estimate of drug-likeness (QED) is 0.649. The highest BCUT2D eigenvalue weighted by Crippen LogP contribution is 2.18. The average molecular weight is 215 g/mol. The predicted octanol–water partition coefficient (Wildman–Crippen LogP) is 0.346. The fourth-order valence-electron chi connectivity index (χ4n) is 1.70. The zero-order chi connectivity index (χ0) is 11.3. The topological polar surface area (TPSA) is 66.8 Å². The van der Waals surface area contributed by atoms with Crippen LogP contribution in [-0.4, -0.2) is 48.7 Å². The smallest absolute Gasteiger partial charge is 0.308 e. The molecule has 15 heavy (non-hydrogen) atoms. The Hall–Kier alpha value is -1.10. The van der Waals surface area contributed by atoms with Crippen molar-refractivity contribution in [3.05, 3.63) is 0 Å². The van der Waals surface area contributed by atoms with Gasteiger partial charge in [-0.15, -0.1) is 0 Å². The first-order chi connectivity index (χ1) is 7.15. The molecule has 5 heteroatoms. The Labute approximate surface area is 89.0 Å². The Kier molecular flexibility index (Phi) is 4.55. The van der Waals surface area contributed by atoms with Crippen molar-refractivity contribution in [1.29, 1.82) is 0 Å². The number of likely N-dealkylation sites (tertiary alicyclic amines) is 1. The number of hydrogen-bond acceptors (Lipinski definition) is 3. The summed E-state index contributed by atoms with van der Waals surface area (Å²) < 4.78 is 4.90. The molecule has 86 valence electrons. The predicted molar refractivity (Wildman–Crippen MR) is 53.4 cm³/mol. The van der Waals surface area contributed by atoms with Crippen molar-refractivity contribution in [1.82, 2.24) is 4.90 Å². The molecule has 5 nitrogen and oxygen atoms in total. The maximum absolute atomic E-state index is 11.4. The first kappa shape index (κ1) is 12.0. The number of rotatable bonds is 6. The van der Waals surface area contributed by atoms with E-state index in [9.17, 15) is 9.59 Å². The molecule has 0 bridgehead atoms. The third-order valence-electron chi connectivity index (χ3n) is 2.59. The molecule has 1 aliphatic heterocycles. The van der Waals surface area contributed by atoms with Gasteiger partial charge in [0.1, 0.15) is 0 Å². The average Bonchev–Trinajstić information content (AvgIpc) is 2.55. The molecule has 1 aliphatic rings. The number of ether oxygens (including phenoxy) is 1. The fourth-order valence-corrected chi connectivity index (χ4v) is 1.70. The number of carbonyl (C=O) groups excluding carboxylic acids is 1. The van der Waals surface area contributed by atoms with Crippen LogP contribution in [0.5, 0.6) is 0 Å². The molecule has 0 aromatic carbocycles. The Morgan fingerprint density at radius 1 is 1.60 bits per heavy atom. The Balaban J connectivity index is 2.25. The largest absolute Gasteiger partial charge is 0.481 e. The van der Waals surface area contributed by atoms with Crippen molar-refractivity contribution in [2.45, 2.75) is 19.3 Å². The van der Waals surface area contributed by atoms with Crippen LogP contribution in [0.1, 0.15) is 19.3 Å². The number of carboxylic acid groups (broad SMARTS) is 1. The Bertz CT molecular complexity index is 242. The van der Waals surface area contributed by atoms with E-state index in [-0.39, 0.29) is 12.3 Å². The summed E-state index contributed by atoms with van der Waals surface area (Å²) in [5.74, 6) is -1.43. The van der Waals surface area contributed by atoms with Crippen LogP contribution in [0.4, 0.5) is 0 Å². The molecule has 0 aromatic rings. The number of hydrogen-bond donors (Lipinski definition) is 1. The second-order valence-corrected chi connectivity index (χ2v) is 3.78. The minimum Gasteiger partial charge on any atom is -0.481 e. The summed E-state index contributed by atoms with van der Waals surface area (Å²) in [6, 6.07) is 0. The van der Waals surface area contributed by atoms with E-state index in [1.807, 2.05) is 0 Å². The number of unbranched alkanes of at least 4 members (excludes halogenated alkanes) is 1. The van der Waals surface area contributed by atoms with Gasteiger partial charge in [0.25, 0.3) is 0 Å². The summed E-state index contributed by atoms with van der Waals surface area (Å²) in [4.78, 5) is 23.7. The molecule has 1 saturated heterocycles. The summed E-state index contributed by atoms with van der Waals surface area (Å²) in [5.41, 5.74) is 0. The van der Waals surface area contributed by atoms with E-state index in [0.717, 1.165) is 12.8 Å². The van der Waals surface area contributed by atoms with Crippen LogP contribution < -0.4 is 0 Å². The van der Waals surface area contributed by atoms with Crippen LogP contribution in [-0.2, 0) is 14.3 Å². The van der Waals surface area contributed by atoms with Gasteiger partial charge in [0.15, 0.2) is 0 Å². The lowest BCUT2D eigenvalue weighted by atomic mass is 10.1. The van der Waals surface area contributed by atoms with E-state index in [0.29, 0.717) is 19.7 Å². The van der Waals surface area contributed by atoms with Gasteiger partial charge in [-0.05, 0) is 12.8 Å². The van der Waals surface area contributed by atoms with Gasteiger partial charge in [0, 0.05) is 33.2 Å². The number of aliphatic carboxylic acids is 1. The molecule has 1 atom stereocenters. The molecule has 1 rings (SSSR count). The summed E-state index contributed by atoms with van der Waals surface area (Å²) in [6.07, 6.45) is 1.92. The van der Waals surface area contributed by atoms with Crippen LogP contribution in [0.15, 0.2) is 0 Å².